The summed E-state index contributed by atoms with van der Waals surface area (Å²) in [7, 11) is -3.93. The molecule has 0 aromatic heterocycles. The maximum Gasteiger partial charge on any atom is 0.416 e. The SMILES string of the molecule is CC(=O)NCc1c(F)cc(OCCCN(Cc2cccc(C(F)(F)F)c2)CC(F)(F)c2ccc(F)cc2)cc1S(C)(=O)=O. The number of hydrogen-bond donors (Lipinski definition) is 1. The average molecular weight is 635 g/mol. The summed E-state index contributed by atoms with van der Waals surface area (Å²) in [5, 5.41) is 2.33. The minimum atomic E-state index is -4.63. The van der Waals surface area contributed by atoms with E-state index in [-0.39, 0.29) is 49.5 Å². The van der Waals surface area contributed by atoms with E-state index in [4.69, 9.17) is 4.74 Å². The molecule has 3 rings (SSSR count). The molecule has 3 aromatic carbocycles. The molecule has 0 aliphatic heterocycles. The van der Waals surface area contributed by atoms with Gasteiger partial charge in [0.25, 0.3) is 5.92 Å². The van der Waals surface area contributed by atoms with Gasteiger partial charge in [0.05, 0.1) is 23.6 Å². The Morgan fingerprint density at radius 3 is 2.23 bits per heavy atom. The Bertz CT molecular complexity index is 1530. The van der Waals surface area contributed by atoms with Crippen molar-refractivity contribution in [1.82, 2.24) is 10.2 Å². The van der Waals surface area contributed by atoms with Gasteiger partial charge in [-0.15, -0.1) is 0 Å². The predicted molar refractivity (Wildman–Crippen MR) is 144 cm³/mol. The summed E-state index contributed by atoms with van der Waals surface area (Å²) in [5.41, 5.74) is -1.56. The number of rotatable bonds is 13. The molecule has 43 heavy (non-hydrogen) atoms. The fourth-order valence-corrected chi connectivity index (χ4v) is 5.20. The van der Waals surface area contributed by atoms with Gasteiger partial charge in [0.2, 0.25) is 5.91 Å². The zero-order valence-corrected chi connectivity index (χ0v) is 24.0. The molecule has 6 nitrogen and oxygen atoms in total. The lowest BCUT2D eigenvalue weighted by Gasteiger charge is -2.28. The first-order valence-corrected chi connectivity index (χ1v) is 14.8. The summed E-state index contributed by atoms with van der Waals surface area (Å²) in [5.74, 6) is -5.81. The number of alkyl halides is 5. The van der Waals surface area contributed by atoms with Gasteiger partial charge in [0.15, 0.2) is 9.84 Å². The van der Waals surface area contributed by atoms with Crippen LogP contribution in [0.3, 0.4) is 0 Å². The summed E-state index contributed by atoms with van der Waals surface area (Å²) in [6.45, 7) is -0.688. The van der Waals surface area contributed by atoms with Crippen LogP contribution in [0, 0.1) is 11.6 Å². The van der Waals surface area contributed by atoms with Crippen LogP contribution in [0.2, 0.25) is 0 Å². The van der Waals surface area contributed by atoms with Gasteiger partial charge < -0.3 is 10.1 Å². The lowest BCUT2D eigenvalue weighted by molar-refractivity contribution is -0.137. The lowest BCUT2D eigenvalue weighted by Crippen LogP contribution is -2.36. The molecule has 0 radical (unpaired) electrons. The third-order valence-corrected chi connectivity index (χ3v) is 7.44. The summed E-state index contributed by atoms with van der Waals surface area (Å²) >= 11 is 0. The van der Waals surface area contributed by atoms with Crippen LogP contribution >= 0.6 is 0 Å². The molecule has 0 saturated carbocycles. The Labute approximate surface area is 244 Å². The van der Waals surface area contributed by atoms with Crippen molar-refractivity contribution in [3.63, 3.8) is 0 Å². The van der Waals surface area contributed by atoms with E-state index in [1.807, 2.05) is 0 Å². The molecule has 0 unspecified atom stereocenters. The molecule has 0 heterocycles. The Balaban J connectivity index is 1.77. The third kappa shape index (κ3) is 9.95. The van der Waals surface area contributed by atoms with Crippen molar-refractivity contribution < 1.29 is 48.7 Å². The van der Waals surface area contributed by atoms with Gasteiger partial charge >= 0.3 is 6.18 Å². The van der Waals surface area contributed by atoms with Gasteiger partial charge in [-0.2, -0.15) is 22.0 Å². The minimum absolute atomic E-state index is 0.0436. The maximum absolute atomic E-state index is 15.1. The van der Waals surface area contributed by atoms with Gasteiger partial charge in [0, 0.05) is 50.0 Å². The second-order valence-electron chi connectivity index (χ2n) is 9.89. The Morgan fingerprint density at radius 1 is 0.953 bits per heavy atom. The maximum atomic E-state index is 15.1. The van der Waals surface area contributed by atoms with Gasteiger partial charge in [0.1, 0.15) is 17.4 Å². The molecule has 14 heteroatoms. The minimum Gasteiger partial charge on any atom is -0.493 e. The van der Waals surface area contributed by atoms with E-state index in [1.165, 1.54) is 24.0 Å². The highest BCUT2D eigenvalue weighted by Crippen LogP contribution is 2.32. The smallest absolute Gasteiger partial charge is 0.416 e. The first-order valence-electron chi connectivity index (χ1n) is 12.9. The number of carbonyl (C=O) groups is 1. The van der Waals surface area contributed by atoms with Crippen LogP contribution in [0.15, 0.2) is 65.6 Å². The summed E-state index contributed by atoms with van der Waals surface area (Å²) in [6, 6.07) is 9.85. The van der Waals surface area contributed by atoms with Crippen molar-refractivity contribution in [2.45, 2.75) is 43.4 Å². The van der Waals surface area contributed by atoms with E-state index in [0.29, 0.717) is 0 Å². The van der Waals surface area contributed by atoms with E-state index in [1.54, 1.807) is 0 Å². The van der Waals surface area contributed by atoms with E-state index < -0.39 is 62.0 Å². The van der Waals surface area contributed by atoms with E-state index in [2.05, 4.69) is 5.32 Å². The highest BCUT2D eigenvalue weighted by atomic mass is 32.2. The molecular formula is C29H29F7N2O4S. The Kier molecular flexibility index (Phi) is 10.8. The van der Waals surface area contributed by atoms with Crippen LogP contribution in [-0.2, 0) is 39.8 Å². The molecular weight excluding hydrogens is 605 g/mol. The molecule has 0 atom stereocenters. The topological polar surface area (TPSA) is 75.7 Å². The van der Waals surface area contributed by atoms with E-state index in [0.717, 1.165) is 54.8 Å². The highest BCUT2D eigenvalue weighted by molar-refractivity contribution is 7.90. The largest absolute Gasteiger partial charge is 0.493 e. The molecule has 1 N–H and O–H groups in total. The normalized spacial score (nSPS) is 12.4. The number of sulfone groups is 1. The summed E-state index contributed by atoms with van der Waals surface area (Å²) in [6.07, 6.45) is -3.73. The molecule has 3 aromatic rings. The van der Waals surface area contributed by atoms with Crippen molar-refractivity contribution in [3.05, 3.63) is 94.6 Å². The molecule has 0 saturated heterocycles. The lowest BCUT2D eigenvalue weighted by atomic mass is 10.1. The van der Waals surface area contributed by atoms with Crippen LogP contribution < -0.4 is 10.1 Å². The number of nitrogens with zero attached hydrogens (tertiary/aromatic N) is 1. The standard InChI is InChI=1S/C29H29F7N2O4S/c1-19(39)37-16-25-26(31)14-24(15-27(25)43(2,40)41)42-12-4-11-38(17-20-5-3-6-22(13-20)29(34,35)36)18-28(32,33)21-7-9-23(30)10-8-21/h3,5-10,13-15H,4,11-12,16-18H2,1-2H3,(H,37,39). The van der Waals surface area contributed by atoms with Gasteiger partial charge in [-0.1, -0.05) is 30.3 Å². The predicted octanol–water partition coefficient (Wildman–Crippen LogP) is 6.09. The third-order valence-electron chi connectivity index (χ3n) is 6.28. The van der Waals surface area contributed by atoms with Crippen molar-refractivity contribution in [2.75, 3.05) is 26.0 Å². The van der Waals surface area contributed by atoms with E-state index in [9.17, 15) is 35.2 Å². The van der Waals surface area contributed by atoms with Crippen LogP contribution in [0.4, 0.5) is 30.7 Å². The summed E-state index contributed by atoms with van der Waals surface area (Å²) in [4.78, 5) is 12.0. The Morgan fingerprint density at radius 2 is 1.63 bits per heavy atom. The van der Waals surface area contributed by atoms with Crippen molar-refractivity contribution >= 4 is 15.7 Å². The van der Waals surface area contributed by atoms with Gasteiger partial charge in [-0.05, 0) is 36.2 Å². The second-order valence-corrected chi connectivity index (χ2v) is 11.9. The molecule has 0 fully saturated rings. The Hall–Kier alpha value is -3.65. The molecule has 0 aliphatic carbocycles. The monoisotopic (exact) mass is 634 g/mol. The van der Waals surface area contributed by atoms with Crippen LogP contribution in [0.5, 0.6) is 5.75 Å². The van der Waals surface area contributed by atoms with Crippen LogP contribution in [0.1, 0.15) is 35.6 Å². The number of halogens is 7. The molecule has 234 valence electrons. The highest BCUT2D eigenvalue weighted by Gasteiger charge is 2.35. The fraction of sp³-hybridized carbons (Fsp3) is 0.345. The first kappa shape index (κ1) is 33.8. The van der Waals surface area contributed by atoms with E-state index >= 15 is 8.78 Å². The number of ether oxygens (including phenoxy) is 1. The molecule has 0 spiro atoms. The van der Waals surface area contributed by atoms with Crippen LogP contribution in [0.25, 0.3) is 0 Å². The van der Waals surface area contributed by atoms with Crippen molar-refractivity contribution in [2.24, 2.45) is 0 Å². The number of carbonyl (C=O) groups excluding carboxylic acids is 1. The molecule has 1 amide bonds. The number of benzene rings is 3. The summed E-state index contributed by atoms with van der Waals surface area (Å²) < 4.78 is 128. The number of hydrogen-bond acceptors (Lipinski definition) is 5. The quantitative estimate of drug-likeness (QED) is 0.182. The first-order chi connectivity index (χ1) is 20.0. The number of amides is 1. The van der Waals surface area contributed by atoms with Crippen molar-refractivity contribution in [3.8, 4) is 5.75 Å². The fourth-order valence-electron chi connectivity index (χ4n) is 4.25. The second kappa shape index (κ2) is 13.8. The zero-order chi connectivity index (χ0) is 32.0. The van der Waals surface area contributed by atoms with Gasteiger partial charge in [-0.25, -0.2) is 17.2 Å². The molecule has 0 bridgehead atoms. The molecule has 0 aliphatic rings. The van der Waals surface area contributed by atoms with Gasteiger partial charge in [-0.3, -0.25) is 9.69 Å². The van der Waals surface area contributed by atoms with Crippen LogP contribution in [-0.4, -0.2) is 45.2 Å². The zero-order valence-electron chi connectivity index (χ0n) is 23.2. The number of nitrogens with one attached hydrogen (secondary N) is 1. The average Bonchev–Trinajstić information content (AvgIpc) is 2.89. The van der Waals surface area contributed by atoms with Crippen molar-refractivity contribution in [1.29, 1.82) is 0 Å².